The molecule has 0 saturated carbocycles. The molecule has 43 heavy (non-hydrogen) atoms. The topological polar surface area (TPSA) is 149 Å². The monoisotopic (exact) mass is 684 g/mol. The fourth-order valence-corrected chi connectivity index (χ4v) is 10.5. The molecule has 5 rings (SSSR count). The van der Waals surface area contributed by atoms with E-state index in [-0.39, 0.29) is 22.3 Å². The Hall–Kier alpha value is -5.20. The molecule has 216 valence electrons. The van der Waals surface area contributed by atoms with E-state index in [0.29, 0.717) is 0 Å². The van der Waals surface area contributed by atoms with Crippen molar-refractivity contribution in [1.29, 1.82) is 0 Å². The summed E-state index contributed by atoms with van der Waals surface area (Å²) < 4.78 is 4.55. The van der Waals surface area contributed by atoms with Gasteiger partial charge >= 0.3 is 146 Å². The fraction of sp³-hybridized carbons (Fsp3) is 0. The Bertz CT molecular complexity index is 1450. The van der Waals surface area contributed by atoms with Crippen molar-refractivity contribution in [3.63, 3.8) is 0 Å². The van der Waals surface area contributed by atoms with Gasteiger partial charge in [0.25, 0.3) is 0 Å². The first-order valence-corrected chi connectivity index (χ1v) is 16.6. The molecule has 0 spiro atoms. The fourth-order valence-electron chi connectivity index (χ4n) is 3.89. The van der Waals surface area contributed by atoms with Crippen molar-refractivity contribution in [2.45, 2.75) is 0 Å². The van der Waals surface area contributed by atoms with Gasteiger partial charge in [0.2, 0.25) is 0 Å². The SMILES string of the molecule is O=C(O)c1ccccc1C(=O)O.O=C(O)c1ccccc1C(=O)O.c1cc[c]([Sb]([c]2ccccc2)[c]2ccccc2)cc1. The van der Waals surface area contributed by atoms with Crippen LogP contribution in [0.4, 0.5) is 0 Å². The van der Waals surface area contributed by atoms with Crippen LogP contribution < -0.4 is 10.5 Å². The van der Waals surface area contributed by atoms with Crippen molar-refractivity contribution in [2.24, 2.45) is 0 Å². The first-order valence-electron chi connectivity index (χ1n) is 12.8. The Morgan fingerprint density at radius 1 is 0.326 bits per heavy atom. The van der Waals surface area contributed by atoms with Crippen molar-refractivity contribution in [3.05, 3.63) is 162 Å². The summed E-state index contributed by atoms with van der Waals surface area (Å²) in [6, 6.07) is 43.8. The molecular formula is C34H27O8Sb. The van der Waals surface area contributed by atoms with Crippen molar-refractivity contribution >= 4 is 54.6 Å². The van der Waals surface area contributed by atoms with Crippen LogP contribution in [0.1, 0.15) is 41.4 Å². The molecule has 0 amide bonds. The maximum atomic E-state index is 10.5. The van der Waals surface area contributed by atoms with Gasteiger partial charge in [-0.3, -0.25) is 0 Å². The molecule has 0 heterocycles. The molecule has 0 bridgehead atoms. The molecule has 5 aromatic rings. The number of carboxylic acid groups (broad SMARTS) is 4. The summed E-state index contributed by atoms with van der Waals surface area (Å²) in [5.41, 5.74) is -0.759. The molecule has 8 nitrogen and oxygen atoms in total. The van der Waals surface area contributed by atoms with E-state index in [1.807, 2.05) is 0 Å². The molecule has 0 aliphatic heterocycles. The second kappa shape index (κ2) is 16.3. The summed E-state index contributed by atoms with van der Waals surface area (Å²) in [6.07, 6.45) is 0. The number of carboxylic acids is 4. The number of benzene rings is 5. The van der Waals surface area contributed by atoms with E-state index in [0.717, 1.165) is 0 Å². The number of hydrogen-bond acceptors (Lipinski definition) is 4. The summed E-state index contributed by atoms with van der Waals surface area (Å²) in [4.78, 5) is 41.9. The standard InChI is InChI=1S/2C8H6O4.3C6H5.Sb/c2*9-7(10)5-3-1-2-4-6(5)8(11)12;3*1-2-4-6-5-3-1;/h2*1-4H,(H,9,10)(H,11,12);3*1-5H;. The van der Waals surface area contributed by atoms with Gasteiger partial charge in [-0.2, -0.15) is 0 Å². The van der Waals surface area contributed by atoms with Crippen LogP contribution in [-0.4, -0.2) is 64.5 Å². The zero-order valence-electron chi connectivity index (χ0n) is 22.6. The minimum absolute atomic E-state index is 0.190. The van der Waals surface area contributed by atoms with Gasteiger partial charge < -0.3 is 20.4 Å². The molecule has 0 saturated heterocycles. The average Bonchev–Trinajstić information content (AvgIpc) is 3.03. The maximum absolute atomic E-state index is 10.5. The van der Waals surface area contributed by atoms with Crippen LogP contribution in [0, 0.1) is 0 Å². The number of carbonyl (C=O) groups is 4. The van der Waals surface area contributed by atoms with Crippen molar-refractivity contribution in [3.8, 4) is 0 Å². The summed E-state index contributed by atoms with van der Waals surface area (Å²) in [7, 11) is 0. The van der Waals surface area contributed by atoms with Crippen LogP contribution in [0.3, 0.4) is 0 Å². The number of hydrogen-bond donors (Lipinski definition) is 4. The molecule has 0 fully saturated rings. The normalized spacial score (nSPS) is 9.88. The molecule has 0 unspecified atom stereocenters. The Kier molecular flexibility index (Phi) is 12.2. The van der Waals surface area contributed by atoms with Gasteiger partial charge in [0, 0.05) is 0 Å². The van der Waals surface area contributed by atoms with Crippen molar-refractivity contribution in [2.75, 3.05) is 0 Å². The van der Waals surface area contributed by atoms with Gasteiger partial charge in [0.15, 0.2) is 0 Å². The summed E-state index contributed by atoms with van der Waals surface area (Å²) in [5.74, 6) is -4.91. The van der Waals surface area contributed by atoms with Gasteiger partial charge in [-0.25, -0.2) is 19.2 Å². The van der Waals surface area contributed by atoms with Crippen LogP contribution in [0.5, 0.6) is 0 Å². The molecule has 0 aromatic heterocycles. The Morgan fingerprint density at radius 3 is 0.698 bits per heavy atom. The zero-order valence-corrected chi connectivity index (χ0v) is 25.2. The van der Waals surface area contributed by atoms with Crippen LogP contribution in [0.2, 0.25) is 0 Å². The zero-order chi connectivity index (χ0) is 31.2. The Morgan fingerprint density at radius 2 is 0.512 bits per heavy atom. The summed E-state index contributed by atoms with van der Waals surface area (Å²) >= 11 is -1.83. The number of aromatic carboxylic acids is 4. The van der Waals surface area contributed by atoms with E-state index < -0.39 is 44.1 Å². The van der Waals surface area contributed by atoms with Crippen molar-refractivity contribution in [1.82, 2.24) is 0 Å². The molecular weight excluding hydrogens is 658 g/mol. The predicted octanol–water partition coefficient (Wildman–Crippen LogP) is 4.37. The van der Waals surface area contributed by atoms with E-state index in [2.05, 4.69) is 91.0 Å². The van der Waals surface area contributed by atoms with Crippen molar-refractivity contribution < 1.29 is 39.6 Å². The van der Waals surface area contributed by atoms with Gasteiger partial charge in [-0.15, -0.1) is 0 Å². The van der Waals surface area contributed by atoms with Crippen LogP contribution in [0.15, 0.2) is 140 Å². The first kappa shape index (κ1) is 32.3. The minimum atomic E-state index is -1.83. The Balaban J connectivity index is 0.000000186. The van der Waals surface area contributed by atoms with E-state index >= 15 is 0 Å². The third-order valence-electron chi connectivity index (χ3n) is 5.82. The van der Waals surface area contributed by atoms with E-state index in [4.69, 9.17) is 20.4 Å². The molecule has 0 radical (unpaired) electrons. The summed E-state index contributed by atoms with van der Waals surface area (Å²) in [5, 5.41) is 34.2. The van der Waals surface area contributed by atoms with Gasteiger partial charge in [0.05, 0.1) is 22.3 Å². The van der Waals surface area contributed by atoms with E-state index in [9.17, 15) is 19.2 Å². The van der Waals surface area contributed by atoms with Gasteiger partial charge in [0.1, 0.15) is 0 Å². The molecule has 0 aliphatic carbocycles. The molecule has 0 atom stereocenters. The first-order chi connectivity index (χ1) is 20.7. The summed E-state index contributed by atoms with van der Waals surface area (Å²) in [6.45, 7) is 0. The average molecular weight is 685 g/mol. The Labute approximate surface area is 255 Å². The van der Waals surface area contributed by atoms with Crippen LogP contribution >= 0.6 is 0 Å². The van der Waals surface area contributed by atoms with E-state index in [1.54, 1.807) is 0 Å². The predicted molar refractivity (Wildman–Crippen MR) is 165 cm³/mol. The van der Waals surface area contributed by atoms with Crippen LogP contribution in [-0.2, 0) is 0 Å². The van der Waals surface area contributed by atoms with Gasteiger partial charge in [-0.1, -0.05) is 24.3 Å². The quantitative estimate of drug-likeness (QED) is 0.185. The molecule has 9 heteroatoms. The number of rotatable bonds is 7. The molecule has 5 aromatic carbocycles. The second-order valence-electron chi connectivity index (χ2n) is 8.65. The second-order valence-corrected chi connectivity index (χ2v) is 15.0. The molecule has 4 N–H and O–H groups in total. The third-order valence-corrected chi connectivity index (χ3v) is 12.8. The van der Waals surface area contributed by atoms with E-state index in [1.165, 1.54) is 59.1 Å². The molecule has 0 aliphatic rings. The third kappa shape index (κ3) is 9.41. The van der Waals surface area contributed by atoms with Crippen LogP contribution in [0.25, 0.3) is 0 Å². The van der Waals surface area contributed by atoms with Gasteiger partial charge in [-0.05, 0) is 24.3 Å².